The van der Waals surface area contributed by atoms with E-state index < -0.39 is 17.5 Å². The molecule has 2 aliphatic heterocycles. The summed E-state index contributed by atoms with van der Waals surface area (Å²) < 4.78 is 4.71. The predicted octanol–water partition coefficient (Wildman–Crippen LogP) is 2.20. The van der Waals surface area contributed by atoms with E-state index in [1.165, 1.54) is 12.0 Å². The molecule has 0 bridgehead atoms. The predicted molar refractivity (Wildman–Crippen MR) is 107 cm³/mol. The fourth-order valence-electron chi connectivity index (χ4n) is 4.14. The first-order chi connectivity index (χ1) is 13.1. The minimum absolute atomic E-state index is 0. The number of amides is 3. The van der Waals surface area contributed by atoms with E-state index in [0.717, 1.165) is 37.9 Å². The number of hydrogen-bond donors (Lipinski definition) is 2. The van der Waals surface area contributed by atoms with Crippen molar-refractivity contribution in [3.8, 4) is 0 Å². The first-order valence-corrected chi connectivity index (χ1v) is 9.54. The summed E-state index contributed by atoms with van der Waals surface area (Å²) in [5.41, 5.74) is -0.288. The van der Waals surface area contributed by atoms with Crippen LogP contribution in [0.15, 0.2) is 30.3 Å². The average Bonchev–Trinajstić information content (AvgIpc) is 2.95. The van der Waals surface area contributed by atoms with Gasteiger partial charge in [-0.25, -0.2) is 4.79 Å². The van der Waals surface area contributed by atoms with E-state index in [4.69, 9.17) is 4.74 Å². The van der Waals surface area contributed by atoms with E-state index in [1.54, 1.807) is 0 Å². The Bertz CT molecular complexity index is 694. The molecule has 3 rings (SSSR count). The number of carbonyl (C=O) groups excluding carboxylic acids is 3. The topological polar surface area (TPSA) is 87.7 Å². The molecule has 3 amide bonds. The summed E-state index contributed by atoms with van der Waals surface area (Å²) in [5, 5.41) is 5.82. The van der Waals surface area contributed by atoms with E-state index >= 15 is 0 Å². The fraction of sp³-hybridized carbons (Fsp3) is 0.550. The quantitative estimate of drug-likeness (QED) is 0.532. The van der Waals surface area contributed by atoms with Gasteiger partial charge in [0, 0.05) is 6.54 Å². The summed E-state index contributed by atoms with van der Waals surface area (Å²) in [7, 11) is 1.32. The minimum Gasteiger partial charge on any atom is -0.469 e. The van der Waals surface area contributed by atoms with Gasteiger partial charge in [0.15, 0.2) is 0 Å². The number of urea groups is 1. The molecule has 1 unspecified atom stereocenters. The van der Waals surface area contributed by atoms with Gasteiger partial charge in [0.2, 0.25) is 0 Å². The highest BCUT2D eigenvalue weighted by molar-refractivity contribution is 6.07. The molecule has 1 aromatic rings. The highest BCUT2D eigenvalue weighted by Crippen LogP contribution is 2.39. The normalized spacial score (nSPS) is 22.5. The number of nitrogens with one attached hydrogen (secondary N) is 2. The smallest absolute Gasteiger partial charge is 0.325 e. The molecule has 2 saturated heterocycles. The zero-order valence-electron chi connectivity index (χ0n) is 16.1. The molecule has 28 heavy (non-hydrogen) atoms. The molecule has 0 saturated carbocycles. The number of ether oxygens (including phenoxy) is 1. The molecule has 2 aliphatic rings. The minimum atomic E-state index is -1.07. The third kappa shape index (κ3) is 4.47. The van der Waals surface area contributed by atoms with E-state index in [-0.39, 0.29) is 31.3 Å². The fourth-order valence-corrected chi connectivity index (χ4v) is 4.14. The lowest BCUT2D eigenvalue weighted by molar-refractivity contribution is -0.141. The zero-order valence-corrected chi connectivity index (χ0v) is 16.9. The van der Waals surface area contributed by atoms with Crippen LogP contribution in [-0.4, -0.2) is 49.6 Å². The summed E-state index contributed by atoms with van der Waals surface area (Å²) in [5.74, 6) is -0.183. The Morgan fingerprint density at radius 2 is 1.89 bits per heavy atom. The maximum atomic E-state index is 13.0. The number of methoxy groups -OCH3 is 1. The van der Waals surface area contributed by atoms with Crippen LogP contribution in [0.2, 0.25) is 0 Å². The van der Waals surface area contributed by atoms with Crippen molar-refractivity contribution in [2.24, 2.45) is 5.92 Å². The molecular weight excluding hydrogens is 382 g/mol. The number of carbonyl (C=O) groups is 3. The Morgan fingerprint density at radius 3 is 2.54 bits per heavy atom. The van der Waals surface area contributed by atoms with Gasteiger partial charge in [0.25, 0.3) is 5.91 Å². The molecule has 2 heterocycles. The highest BCUT2D eigenvalue weighted by atomic mass is 35.5. The first-order valence-electron chi connectivity index (χ1n) is 9.54. The second kappa shape index (κ2) is 9.89. The van der Waals surface area contributed by atoms with Crippen molar-refractivity contribution in [3.05, 3.63) is 35.9 Å². The van der Waals surface area contributed by atoms with Crippen LogP contribution in [0.5, 0.6) is 0 Å². The lowest BCUT2D eigenvalue weighted by Crippen LogP contribution is -2.48. The summed E-state index contributed by atoms with van der Waals surface area (Å²) in [6.07, 6.45) is 3.59. The number of rotatable bonds is 7. The van der Waals surface area contributed by atoms with Crippen LogP contribution in [0.4, 0.5) is 4.79 Å². The molecule has 7 nitrogen and oxygen atoms in total. The summed E-state index contributed by atoms with van der Waals surface area (Å²) in [6, 6.07) is 8.94. The van der Waals surface area contributed by atoms with Crippen molar-refractivity contribution >= 4 is 30.3 Å². The van der Waals surface area contributed by atoms with Crippen LogP contribution in [0, 0.1) is 5.92 Å². The molecule has 8 heteroatoms. The second-order valence-electron chi connectivity index (χ2n) is 7.20. The summed E-state index contributed by atoms with van der Waals surface area (Å²) in [6.45, 7) is 2.12. The van der Waals surface area contributed by atoms with E-state index in [2.05, 4.69) is 10.6 Å². The van der Waals surface area contributed by atoms with Gasteiger partial charge in [-0.05, 0) is 50.3 Å². The molecule has 0 spiro atoms. The largest absolute Gasteiger partial charge is 0.469 e. The van der Waals surface area contributed by atoms with Crippen LogP contribution in [0.25, 0.3) is 0 Å². The molecule has 0 aromatic heterocycles. The number of imide groups is 1. The Balaban J connectivity index is 0.00000280. The Labute approximate surface area is 171 Å². The van der Waals surface area contributed by atoms with Crippen molar-refractivity contribution in [1.82, 2.24) is 15.5 Å². The molecule has 154 valence electrons. The van der Waals surface area contributed by atoms with Crippen LogP contribution in [0.1, 0.15) is 37.7 Å². The summed E-state index contributed by atoms with van der Waals surface area (Å²) in [4.78, 5) is 38.7. The maximum Gasteiger partial charge on any atom is 0.325 e. The molecule has 2 N–H and O–H groups in total. The monoisotopic (exact) mass is 409 g/mol. The van der Waals surface area contributed by atoms with Crippen molar-refractivity contribution in [1.29, 1.82) is 0 Å². The van der Waals surface area contributed by atoms with Gasteiger partial charge in [0.05, 0.1) is 13.5 Å². The van der Waals surface area contributed by atoms with Gasteiger partial charge in [-0.3, -0.25) is 14.9 Å². The van der Waals surface area contributed by atoms with Gasteiger partial charge in [-0.1, -0.05) is 30.3 Å². The van der Waals surface area contributed by atoms with Gasteiger partial charge in [-0.15, -0.1) is 12.4 Å². The molecule has 2 fully saturated rings. The SMILES string of the molecule is COC(=O)CCN1C(=O)NC(=O)C1(CCC1CCNCC1)c1ccccc1.Cl. The Kier molecular flexibility index (Phi) is 7.83. The number of halogens is 1. The first kappa shape index (κ1) is 22.2. The lowest BCUT2D eigenvalue weighted by atomic mass is 9.80. The van der Waals surface area contributed by atoms with Crippen molar-refractivity contribution in [3.63, 3.8) is 0 Å². The Hall–Kier alpha value is -2.12. The standard InChI is InChI=1S/C20H27N3O4.ClH/c1-27-17(24)10-14-23-19(26)22-18(25)20(23,16-5-3-2-4-6-16)11-7-15-8-12-21-13-9-15;/h2-6,15,21H,7-14H2,1H3,(H,22,25,26);1H. The Morgan fingerprint density at radius 1 is 1.21 bits per heavy atom. The van der Waals surface area contributed by atoms with Crippen LogP contribution in [0.3, 0.4) is 0 Å². The van der Waals surface area contributed by atoms with E-state index in [9.17, 15) is 14.4 Å². The highest BCUT2D eigenvalue weighted by Gasteiger charge is 2.53. The van der Waals surface area contributed by atoms with Crippen LogP contribution >= 0.6 is 12.4 Å². The number of nitrogens with zero attached hydrogens (tertiary/aromatic N) is 1. The third-order valence-corrected chi connectivity index (χ3v) is 5.69. The molecular formula is C20H28ClN3O4. The van der Waals surface area contributed by atoms with Gasteiger partial charge < -0.3 is 15.0 Å². The second-order valence-corrected chi connectivity index (χ2v) is 7.20. The zero-order chi connectivity index (χ0) is 19.3. The third-order valence-electron chi connectivity index (χ3n) is 5.69. The van der Waals surface area contributed by atoms with Gasteiger partial charge in [-0.2, -0.15) is 0 Å². The van der Waals surface area contributed by atoms with E-state index in [0.29, 0.717) is 12.3 Å². The number of esters is 1. The van der Waals surface area contributed by atoms with Crippen molar-refractivity contribution < 1.29 is 19.1 Å². The van der Waals surface area contributed by atoms with Gasteiger partial charge in [0.1, 0.15) is 5.54 Å². The van der Waals surface area contributed by atoms with Crippen LogP contribution < -0.4 is 10.6 Å². The summed E-state index contributed by atoms with van der Waals surface area (Å²) >= 11 is 0. The molecule has 0 radical (unpaired) electrons. The average molecular weight is 410 g/mol. The lowest BCUT2D eigenvalue weighted by Gasteiger charge is -2.37. The van der Waals surface area contributed by atoms with Gasteiger partial charge >= 0.3 is 12.0 Å². The van der Waals surface area contributed by atoms with Crippen molar-refractivity contribution in [2.75, 3.05) is 26.7 Å². The number of hydrogen-bond acceptors (Lipinski definition) is 5. The number of piperidine rings is 1. The number of benzene rings is 1. The van der Waals surface area contributed by atoms with Crippen LogP contribution in [-0.2, 0) is 19.9 Å². The molecule has 1 atom stereocenters. The molecule has 0 aliphatic carbocycles. The van der Waals surface area contributed by atoms with E-state index in [1.807, 2.05) is 30.3 Å². The van der Waals surface area contributed by atoms with Crippen molar-refractivity contribution in [2.45, 2.75) is 37.6 Å². The molecule has 1 aromatic carbocycles. The maximum absolute atomic E-state index is 13.0.